The Labute approximate surface area is 132 Å². The second-order valence-electron chi connectivity index (χ2n) is 5.73. The summed E-state index contributed by atoms with van der Waals surface area (Å²) in [5, 5.41) is 3.63. The second-order valence-corrected chi connectivity index (χ2v) is 6.59. The Kier molecular flexibility index (Phi) is 3.11. The Morgan fingerprint density at radius 2 is 2.00 bits per heavy atom. The van der Waals surface area contributed by atoms with Gasteiger partial charge in [0.15, 0.2) is 0 Å². The Morgan fingerprint density at radius 1 is 1.14 bits per heavy atom. The van der Waals surface area contributed by atoms with E-state index in [9.17, 15) is 4.39 Å². The molecule has 0 bridgehead atoms. The van der Waals surface area contributed by atoms with Crippen molar-refractivity contribution in [3.63, 3.8) is 0 Å². The standard InChI is InChI=1S/C18H15BrFN/c19-16-9-3-8-15-13-6-2-7-14(13)17(21-18(15)16)11-4-1-5-12(20)10-11/h1-6,8-10,13-14,17,21H,7H2/t13-,14+,17+/m1/s1. The summed E-state index contributed by atoms with van der Waals surface area (Å²) in [6, 6.07) is 13.4. The molecule has 0 spiro atoms. The van der Waals surface area contributed by atoms with E-state index < -0.39 is 0 Å². The maximum Gasteiger partial charge on any atom is 0.123 e. The van der Waals surface area contributed by atoms with Crippen molar-refractivity contribution in [2.75, 3.05) is 5.32 Å². The SMILES string of the molecule is Fc1cccc([C@@H]2Nc3c(Br)cccc3[C@@H]3C=CC[C@@H]32)c1. The summed E-state index contributed by atoms with van der Waals surface area (Å²) in [5.41, 5.74) is 3.49. The van der Waals surface area contributed by atoms with Crippen molar-refractivity contribution >= 4 is 21.6 Å². The monoisotopic (exact) mass is 343 g/mol. The van der Waals surface area contributed by atoms with Gasteiger partial charge < -0.3 is 5.32 Å². The molecule has 1 heterocycles. The van der Waals surface area contributed by atoms with Crippen LogP contribution in [0.15, 0.2) is 59.1 Å². The van der Waals surface area contributed by atoms with E-state index in [0.717, 1.165) is 22.1 Å². The highest BCUT2D eigenvalue weighted by atomic mass is 79.9. The van der Waals surface area contributed by atoms with Gasteiger partial charge in [-0.3, -0.25) is 0 Å². The summed E-state index contributed by atoms with van der Waals surface area (Å²) in [6.07, 6.45) is 5.58. The van der Waals surface area contributed by atoms with E-state index in [1.165, 1.54) is 11.6 Å². The Hall–Kier alpha value is -1.61. The average molecular weight is 344 g/mol. The highest BCUT2D eigenvalue weighted by Gasteiger charge is 2.38. The molecule has 2 aromatic rings. The molecule has 2 aliphatic rings. The van der Waals surface area contributed by atoms with Gasteiger partial charge in [-0.15, -0.1) is 0 Å². The van der Waals surface area contributed by atoms with Crippen LogP contribution in [0, 0.1) is 11.7 Å². The first kappa shape index (κ1) is 13.1. The molecule has 1 N–H and O–H groups in total. The number of rotatable bonds is 1. The van der Waals surface area contributed by atoms with Crippen molar-refractivity contribution in [2.45, 2.75) is 18.4 Å². The van der Waals surface area contributed by atoms with E-state index >= 15 is 0 Å². The van der Waals surface area contributed by atoms with Gasteiger partial charge in [-0.25, -0.2) is 4.39 Å². The van der Waals surface area contributed by atoms with Gasteiger partial charge >= 0.3 is 0 Å². The zero-order chi connectivity index (χ0) is 14.4. The van der Waals surface area contributed by atoms with Crippen LogP contribution in [0.25, 0.3) is 0 Å². The molecule has 0 amide bonds. The van der Waals surface area contributed by atoms with Gasteiger partial charge in [0.1, 0.15) is 5.82 Å². The van der Waals surface area contributed by atoms with E-state index in [4.69, 9.17) is 0 Å². The van der Waals surface area contributed by atoms with Crippen LogP contribution in [0.1, 0.15) is 29.5 Å². The van der Waals surface area contributed by atoms with Gasteiger partial charge in [0.05, 0.1) is 11.7 Å². The molecule has 21 heavy (non-hydrogen) atoms. The predicted molar refractivity (Wildman–Crippen MR) is 86.9 cm³/mol. The van der Waals surface area contributed by atoms with Gasteiger partial charge in [0.2, 0.25) is 0 Å². The fourth-order valence-corrected chi connectivity index (χ4v) is 4.11. The first-order valence-electron chi connectivity index (χ1n) is 7.21. The van der Waals surface area contributed by atoms with Crippen molar-refractivity contribution in [3.05, 3.63) is 76.0 Å². The number of para-hydroxylation sites is 1. The number of anilines is 1. The van der Waals surface area contributed by atoms with Gasteiger partial charge in [-0.05, 0) is 57.6 Å². The molecule has 0 aromatic heterocycles. The van der Waals surface area contributed by atoms with E-state index in [1.54, 1.807) is 12.1 Å². The number of halogens is 2. The quantitative estimate of drug-likeness (QED) is 0.682. The summed E-state index contributed by atoms with van der Waals surface area (Å²) in [7, 11) is 0. The van der Waals surface area contributed by atoms with E-state index in [-0.39, 0.29) is 11.9 Å². The first-order valence-corrected chi connectivity index (χ1v) is 8.00. The molecule has 106 valence electrons. The van der Waals surface area contributed by atoms with Crippen LogP contribution >= 0.6 is 15.9 Å². The summed E-state index contributed by atoms with van der Waals surface area (Å²) in [5.74, 6) is 0.690. The van der Waals surface area contributed by atoms with Crippen molar-refractivity contribution in [1.29, 1.82) is 0 Å². The minimum absolute atomic E-state index is 0.145. The summed E-state index contributed by atoms with van der Waals surface area (Å²) < 4.78 is 14.7. The molecule has 0 saturated heterocycles. The van der Waals surface area contributed by atoms with E-state index in [1.807, 2.05) is 12.1 Å². The summed E-state index contributed by atoms with van der Waals surface area (Å²) in [4.78, 5) is 0. The first-order chi connectivity index (χ1) is 10.2. The molecule has 3 atom stereocenters. The lowest BCUT2D eigenvalue weighted by Gasteiger charge is -2.38. The number of allylic oxidation sites excluding steroid dienone is 2. The van der Waals surface area contributed by atoms with Crippen LogP contribution in [0.4, 0.5) is 10.1 Å². The highest BCUT2D eigenvalue weighted by Crippen LogP contribution is 2.51. The van der Waals surface area contributed by atoms with Crippen molar-refractivity contribution < 1.29 is 4.39 Å². The zero-order valence-electron chi connectivity index (χ0n) is 11.4. The van der Waals surface area contributed by atoms with E-state index in [2.05, 4.69) is 45.5 Å². The van der Waals surface area contributed by atoms with E-state index in [0.29, 0.717) is 11.8 Å². The van der Waals surface area contributed by atoms with Gasteiger partial charge in [-0.2, -0.15) is 0 Å². The number of hydrogen-bond donors (Lipinski definition) is 1. The van der Waals surface area contributed by atoms with Crippen LogP contribution in [0.2, 0.25) is 0 Å². The largest absolute Gasteiger partial charge is 0.377 e. The molecular weight excluding hydrogens is 329 g/mol. The molecule has 3 heteroatoms. The zero-order valence-corrected chi connectivity index (χ0v) is 13.0. The smallest absolute Gasteiger partial charge is 0.123 e. The van der Waals surface area contributed by atoms with Crippen molar-refractivity contribution in [3.8, 4) is 0 Å². The van der Waals surface area contributed by atoms with Crippen LogP contribution in [0.3, 0.4) is 0 Å². The molecule has 0 unspecified atom stereocenters. The van der Waals surface area contributed by atoms with Gasteiger partial charge in [0.25, 0.3) is 0 Å². The normalized spacial score (nSPS) is 26.1. The Balaban J connectivity index is 1.83. The molecular formula is C18H15BrFN. The van der Waals surface area contributed by atoms with Crippen molar-refractivity contribution in [1.82, 2.24) is 0 Å². The molecule has 4 rings (SSSR count). The summed E-state index contributed by atoms with van der Waals surface area (Å²) >= 11 is 3.63. The molecule has 0 radical (unpaired) electrons. The molecule has 2 aromatic carbocycles. The lowest BCUT2D eigenvalue weighted by atomic mass is 9.77. The number of fused-ring (bicyclic) bond motifs is 3. The Bertz CT molecular complexity index is 725. The second kappa shape index (κ2) is 4.99. The minimum Gasteiger partial charge on any atom is -0.377 e. The van der Waals surface area contributed by atoms with Crippen LogP contribution in [-0.4, -0.2) is 0 Å². The summed E-state index contributed by atoms with van der Waals surface area (Å²) in [6.45, 7) is 0. The fourth-order valence-electron chi connectivity index (χ4n) is 3.61. The molecule has 0 saturated carbocycles. The van der Waals surface area contributed by atoms with Crippen LogP contribution < -0.4 is 5.32 Å². The van der Waals surface area contributed by atoms with Crippen LogP contribution in [0.5, 0.6) is 0 Å². The lowest BCUT2D eigenvalue weighted by molar-refractivity contribution is 0.424. The number of hydrogen-bond acceptors (Lipinski definition) is 1. The topological polar surface area (TPSA) is 12.0 Å². The fraction of sp³-hybridized carbons (Fsp3) is 0.222. The third-order valence-corrected chi connectivity index (χ3v) is 5.21. The third-order valence-electron chi connectivity index (χ3n) is 4.55. The molecule has 1 aliphatic carbocycles. The number of benzene rings is 2. The Morgan fingerprint density at radius 3 is 2.86 bits per heavy atom. The number of nitrogens with one attached hydrogen (secondary N) is 1. The maximum absolute atomic E-state index is 13.6. The molecule has 0 fully saturated rings. The molecule has 1 aliphatic heterocycles. The van der Waals surface area contributed by atoms with Gasteiger partial charge in [0, 0.05) is 10.4 Å². The third kappa shape index (κ3) is 2.11. The van der Waals surface area contributed by atoms with Crippen LogP contribution in [-0.2, 0) is 0 Å². The average Bonchev–Trinajstić information content (AvgIpc) is 2.96. The predicted octanol–water partition coefficient (Wildman–Crippen LogP) is 5.41. The lowest BCUT2D eigenvalue weighted by Crippen LogP contribution is -2.29. The van der Waals surface area contributed by atoms with Gasteiger partial charge in [-0.1, -0.05) is 36.4 Å². The minimum atomic E-state index is -0.172. The highest BCUT2D eigenvalue weighted by molar-refractivity contribution is 9.10. The van der Waals surface area contributed by atoms with Crippen molar-refractivity contribution in [2.24, 2.45) is 5.92 Å². The maximum atomic E-state index is 13.6. The molecule has 1 nitrogen and oxygen atoms in total.